The van der Waals surface area contributed by atoms with Crippen LogP contribution in [0.5, 0.6) is 0 Å². The van der Waals surface area contributed by atoms with Crippen LogP contribution in [0.15, 0.2) is 54.6 Å². The van der Waals surface area contributed by atoms with Crippen LogP contribution in [0.3, 0.4) is 0 Å². The largest absolute Gasteiger partial charge is 0.468 e. The van der Waals surface area contributed by atoms with Crippen LogP contribution in [-0.2, 0) is 9.53 Å². The van der Waals surface area contributed by atoms with E-state index in [9.17, 15) is 10.1 Å². The van der Waals surface area contributed by atoms with Gasteiger partial charge in [0.25, 0.3) is 0 Å². The molecule has 1 fully saturated rings. The van der Waals surface area contributed by atoms with Gasteiger partial charge in [-0.25, -0.2) is 9.97 Å². The van der Waals surface area contributed by atoms with Crippen LogP contribution in [0.1, 0.15) is 36.1 Å². The quantitative estimate of drug-likeness (QED) is 0.589. The van der Waals surface area contributed by atoms with Gasteiger partial charge in [-0.1, -0.05) is 42.5 Å². The molecule has 4 rings (SSSR count). The molecule has 2 aromatic carbocycles. The molecule has 1 aliphatic rings. The Hall–Kier alpha value is -3.50. The lowest BCUT2D eigenvalue weighted by Crippen LogP contribution is -2.31. The van der Waals surface area contributed by atoms with E-state index < -0.39 is 11.9 Å². The first-order chi connectivity index (χ1) is 15.2. The summed E-state index contributed by atoms with van der Waals surface area (Å²) in [6, 6.07) is 20.0. The molecule has 0 radical (unpaired) electrons. The van der Waals surface area contributed by atoms with Crippen molar-refractivity contribution in [3.8, 4) is 6.07 Å². The van der Waals surface area contributed by atoms with Crippen molar-refractivity contribution in [1.29, 1.82) is 5.26 Å². The monoisotopic (exact) mass is 415 g/mol. The highest BCUT2D eigenvalue weighted by Gasteiger charge is 2.29. The van der Waals surface area contributed by atoms with Crippen LogP contribution in [0.25, 0.3) is 11.0 Å². The fraction of sp³-hybridized carbons (Fsp3) is 0.333. The van der Waals surface area contributed by atoms with E-state index in [0.717, 1.165) is 13.1 Å². The minimum atomic E-state index is -1.15. The molecule has 0 spiro atoms. The molecule has 1 aliphatic heterocycles. The highest BCUT2D eigenvalue weighted by molar-refractivity contribution is 5.84. The average molecular weight is 415 g/mol. The molecule has 7 nitrogen and oxygen atoms in total. The van der Waals surface area contributed by atoms with Gasteiger partial charge in [0.05, 0.1) is 30.3 Å². The molecule has 0 bridgehead atoms. The summed E-state index contributed by atoms with van der Waals surface area (Å²) in [5.74, 6) is -1.35. The number of ether oxygens (including phenoxy) is 1. The first kappa shape index (κ1) is 20.8. The van der Waals surface area contributed by atoms with Crippen LogP contribution in [0, 0.1) is 11.3 Å². The zero-order valence-corrected chi connectivity index (χ0v) is 17.5. The Morgan fingerprint density at radius 3 is 2.39 bits per heavy atom. The Morgan fingerprint density at radius 1 is 1.10 bits per heavy atom. The number of hydrogen-bond acceptors (Lipinski definition) is 7. The number of methoxy groups -OCH3 is 1. The van der Waals surface area contributed by atoms with Crippen molar-refractivity contribution in [3.63, 3.8) is 0 Å². The number of carbonyl (C=O) groups is 1. The summed E-state index contributed by atoms with van der Waals surface area (Å²) in [6.07, 6.45) is 2.37. The number of rotatable bonds is 7. The molecule has 0 amide bonds. The van der Waals surface area contributed by atoms with Crippen molar-refractivity contribution in [3.05, 3.63) is 65.9 Å². The van der Waals surface area contributed by atoms with Crippen molar-refractivity contribution in [1.82, 2.24) is 14.9 Å². The van der Waals surface area contributed by atoms with Crippen LogP contribution in [-0.4, -0.2) is 47.6 Å². The first-order valence-corrected chi connectivity index (χ1v) is 10.5. The second-order valence-corrected chi connectivity index (χ2v) is 7.58. The van der Waals surface area contributed by atoms with Crippen LogP contribution in [0.4, 0.5) is 5.82 Å². The van der Waals surface area contributed by atoms with Crippen molar-refractivity contribution < 1.29 is 9.53 Å². The molecule has 2 heterocycles. The Morgan fingerprint density at radius 2 is 1.74 bits per heavy atom. The van der Waals surface area contributed by atoms with Crippen LogP contribution >= 0.6 is 0 Å². The lowest BCUT2D eigenvalue weighted by atomic mass is 10.0. The van der Waals surface area contributed by atoms with E-state index in [1.165, 1.54) is 25.5 Å². The topological polar surface area (TPSA) is 91.1 Å². The number of hydrogen-bond donors (Lipinski definition) is 1. The minimum Gasteiger partial charge on any atom is -0.468 e. The number of nitrogens with zero attached hydrogens (tertiary/aromatic N) is 4. The van der Waals surface area contributed by atoms with Gasteiger partial charge in [0.15, 0.2) is 11.7 Å². The summed E-state index contributed by atoms with van der Waals surface area (Å²) in [5, 5.41) is 13.1. The Bertz CT molecular complexity index is 1090. The van der Waals surface area contributed by atoms with Gasteiger partial charge < -0.3 is 10.1 Å². The molecule has 1 saturated heterocycles. The lowest BCUT2D eigenvalue weighted by Gasteiger charge is -2.28. The number of likely N-dealkylation sites (tertiary alicyclic amines) is 1. The third kappa shape index (κ3) is 4.49. The summed E-state index contributed by atoms with van der Waals surface area (Å²) < 4.78 is 4.84. The highest BCUT2D eigenvalue weighted by atomic mass is 16.5. The lowest BCUT2D eigenvalue weighted by molar-refractivity contribution is -0.141. The van der Waals surface area contributed by atoms with Gasteiger partial charge in [-0.2, -0.15) is 5.26 Å². The first-order valence-electron chi connectivity index (χ1n) is 10.5. The number of para-hydroxylation sites is 2. The standard InChI is InChI=1S/C24H25N5O2/c1-31-24(30)18(15-25)22-23(28-20-12-6-5-11-19(20)27-22)26-16-21(29-13-7-8-14-29)17-9-3-2-4-10-17/h2-6,9-12,18,21H,7-8,13-14,16H2,1H3,(H,26,28)/t18-,21+/m0/s1. The predicted octanol–water partition coefficient (Wildman–Crippen LogP) is 3.66. The zero-order chi connectivity index (χ0) is 21.6. The molecule has 7 heteroatoms. The molecule has 1 N–H and O–H groups in total. The Labute approximate surface area is 181 Å². The molecule has 1 aromatic heterocycles. The molecular formula is C24H25N5O2. The van der Waals surface area contributed by atoms with E-state index in [-0.39, 0.29) is 6.04 Å². The van der Waals surface area contributed by atoms with Gasteiger partial charge >= 0.3 is 5.97 Å². The third-order valence-corrected chi connectivity index (χ3v) is 5.67. The normalized spacial score (nSPS) is 15.9. The summed E-state index contributed by atoms with van der Waals surface area (Å²) >= 11 is 0. The highest BCUT2D eigenvalue weighted by Crippen LogP contribution is 2.28. The maximum atomic E-state index is 12.3. The summed E-state index contributed by atoms with van der Waals surface area (Å²) in [6.45, 7) is 2.67. The second-order valence-electron chi connectivity index (χ2n) is 7.58. The van der Waals surface area contributed by atoms with Crippen molar-refractivity contribution in [2.75, 3.05) is 32.1 Å². The molecule has 0 aliphatic carbocycles. The average Bonchev–Trinajstić information content (AvgIpc) is 3.35. The summed E-state index contributed by atoms with van der Waals surface area (Å²) in [5.41, 5.74) is 2.84. The van der Waals surface area contributed by atoms with Crippen LogP contribution < -0.4 is 5.32 Å². The molecule has 0 saturated carbocycles. The van der Waals surface area contributed by atoms with E-state index in [1.54, 1.807) is 0 Å². The van der Waals surface area contributed by atoms with Gasteiger partial charge in [-0.05, 0) is 43.6 Å². The molecule has 31 heavy (non-hydrogen) atoms. The molecule has 158 valence electrons. The number of esters is 1. The van der Waals surface area contributed by atoms with Crippen molar-refractivity contribution in [2.45, 2.75) is 24.8 Å². The van der Waals surface area contributed by atoms with E-state index in [0.29, 0.717) is 29.1 Å². The zero-order valence-electron chi connectivity index (χ0n) is 17.5. The number of nitriles is 1. The fourth-order valence-corrected chi connectivity index (χ4v) is 4.07. The maximum Gasteiger partial charge on any atom is 0.329 e. The molecular weight excluding hydrogens is 390 g/mol. The van der Waals surface area contributed by atoms with Gasteiger partial charge in [0.1, 0.15) is 5.69 Å². The SMILES string of the molecule is COC(=O)[C@@H](C#N)c1nc2ccccc2nc1NC[C@H](c1ccccc1)N1CCCC1. The molecule has 0 unspecified atom stereocenters. The van der Waals surface area contributed by atoms with Gasteiger partial charge in [-0.3, -0.25) is 9.69 Å². The number of aromatic nitrogens is 2. The Kier molecular flexibility index (Phi) is 6.39. The number of carbonyl (C=O) groups excluding carboxylic acids is 1. The van der Waals surface area contributed by atoms with Crippen molar-refractivity contribution in [2.24, 2.45) is 0 Å². The number of fused-ring (bicyclic) bond motifs is 1. The fourth-order valence-electron chi connectivity index (χ4n) is 4.07. The number of anilines is 1. The van der Waals surface area contributed by atoms with E-state index >= 15 is 0 Å². The van der Waals surface area contributed by atoms with Gasteiger partial charge in [0, 0.05) is 6.54 Å². The number of nitrogens with one attached hydrogen (secondary N) is 1. The van der Waals surface area contributed by atoms with Gasteiger partial charge in [-0.15, -0.1) is 0 Å². The maximum absolute atomic E-state index is 12.3. The van der Waals surface area contributed by atoms with Crippen molar-refractivity contribution >= 4 is 22.8 Å². The molecule has 3 aromatic rings. The minimum absolute atomic E-state index is 0.156. The Balaban J connectivity index is 1.69. The molecule has 2 atom stereocenters. The summed E-state index contributed by atoms with van der Waals surface area (Å²) in [4.78, 5) is 24.0. The van der Waals surface area contributed by atoms with Crippen LogP contribution in [0.2, 0.25) is 0 Å². The van der Waals surface area contributed by atoms with E-state index in [2.05, 4.69) is 27.3 Å². The third-order valence-electron chi connectivity index (χ3n) is 5.67. The van der Waals surface area contributed by atoms with E-state index in [1.807, 2.05) is 48.5 Å². The smallest absolute Gasteiger partial charge is 0.329 e. The second kappa shape index (κ2) is 9.54. The summed E-state index contributed by atoms with van der Waals surface area (Å²) in [7, 11) is 1.27. The van der Waals surface area contributed by atoms with Gasteiger partial charge in [0.2, 0.25) is 0 Å². The van der Waals surface area contributed by atoms with E-state index in [4.69, 9.17) is 9.72 Å². The predicted molar refractivity (Wildman–Crippen MR) is 118 cm³/mol. The number of benzene rings is 2.